The van der Waals surface area contributed by atoms with Crippen LogP contribution in [0.4, 0.5) is 0 Å². The molecule has 0 aliphatic carbocycles. The van der Waals surface area contributed by atoms with E-state index in [0.29, 0.717) is 5.88 Å². The number of ether oxygens (including phenoxy) is 2. The van der Waals surface area contributed by atoms with Crippen LogP contribution in [0.1, 0.15) is 17.3 Å². The third kappa shape index (κ3) is 3.07. The standard InChI is InChI=1S/C15H21N3O5/c1-9-14(20)17(2)7-10(8-19)18(9)15(21)11-5-6-12(22-3)16-13(11)23-4/h5-6,9-10,19H,7-8H2,1-4H3/t9-,10-/m0/s1. The van der Waals surface area contributed by atoms with E-state index < -0.39 is 18.0 Å². The minimum atomic E-state index is -0.676. The molecule has 0 spiro atoms. The van der Waals surface area contributed by atoms with Gasteiger partial charge in [-0.25, -0.2) is 0 Å². The Morgan fingerprint density at radius 2 is 2.09 bits per heavy atom. The van der Waals surface area contributed by atoms with E-state index in [1.54, 1.807) is 20.0 Å². The van der Waals surface area contributed by atoms with E-state index in [1.807, 2.05) is 0 Å². The van der Waals surface area contributed by atoms with E-state index in [0.717, 1.165) is 0 Å². The smallest absolute Gasteiger partial charge is 0.260 e. The number of amides is 2. The summed E-state index contributed by atoms with van der Waals surface area (Å²) in [5.74, 6) is -0.155. The molecule has 2 heterocycles. The summed E-state index contributed by atoms with van der Waals surface area (Å²) in [6.45, 7) is 1.68. The Morgan fingerprint density at radius 1 is 1.39 bits per heavy atom. The Kier molecular flexibility index (Phi) is 5.05. The van der Waals surface area contributed by atoms with Crippen molar-refractivity contribution in [2.75, 3.05) is 34.4 Å². The van der Waals surface area contributed by atoms with Gasteiger partial charge in [-0.3, -0.25) is 9.59 Å². The molecular weight excluding hydrogens is 302 g/mol. The highest BCUT2D eigenvalue weighted by Crippen LogP contribution is 2.25. The van der Waals surface area contributed by atoms with Gasteiger partial charge in [0.2, 0.25) is 17.7 Å². The lowest BCUT2D eigenvalue weighted by atomic mass is 10.0. The van der Waals surface area contributed by atoms with Crippen molar-refractivity contribution in [3.05, 3.63) is 17.7 Å². The summed E-state index contributed by atoms with van der Waals surface area (Å²) in [5.41, 5.74) is 0.218. The van der Waals surface area contributed by atoms with Crippen LogP contribution in [0.3, 0.4) is 0 Å². The number of aliphatic hydroxyl groups is 1. The van der Waals surface area contributed by atoms with Crippen molar-refractivity contribution in [2.24, 2.45) is 0 Å². The van der Waals surface area contributed by atoms with E-state index in [2.05, 4.69) is 4.98 Å². The van der Waals surface area contributed by atoms with Crippen molar-refractivity contribution in [1.82, 2.24) is 14.8 Å². The Balaban J connectivity index is 2.39. The molecule has 1 saturated heterocycles. The second-order valence-corrected chi connectivity index (χ2v) is 5.35. The monoisotopic (exact) mass is 323 g/mol. The molecule has 1 N–H and O–H groups in total. The summed E-state index contributed by atoms with van der Waals surface area (Å²) < 4.78 is 10.2. The summed E-state index contributed by atoms with van der Waals surface area (Å²) in [6, 6.07) is 1.93. The van der Waals surface area contributed by atoms with Crippen molar-refractivity contribution in [3.8, 4) is 11.8 Å². The van der Waals surface area contributed by atoms with Crippen LogP contribution in [-0.4, -0.2) is 78.2 Å². The summed E-state index contributed by atoms with van der Waals surface area (Å²) >= 11 is 0. The molecule has 0 bridgehead atoms. The molecule has 2 rings (SSSR count). The summed E-state index contributed by atoms with van der Waals surface area (Å²) in [5, 5.41) is 9.59. The summed E-state index contributed by atoms with van der Waals surface area (Å²) in [6.07, 6.45) is 0. The van der Waals surface area contributed by atoms with Gasteiger partial charge in [0.05, 0.1) is 26.9 Å². The predicted molar refractivity (Wildman–Crippen MR) is 81.5 cm³/mol. The zero-order valence-electron chi connectivity index (χ0n) is 13.6. The third-order valence-corrected chi connectivity index (χ3v) is 3.94. The zero-order chi connectivity index (χ0) is 17.1. The highest BCUT2D eigenvalue weighted by Gasteiger charge is 2.40. The maximum absolute atomic E-state index is 12.9. The van der Waals surface area contributed by atoms with Crippen molar-refractivity contribution < 1.29 is 24.2 Å². The van der Waals surface area contributed by atoms with Crippen LogP contribution in [0.25, 0.3) is 0 Å². The Hall–Kier alpha value is -2.35. The highest BCUT2D eigenvalue weighted by atomic mass is 16.5. The zero-order valence-corrected chi connectivity index (χ0v) is 13.6. The first kappa shape index (κ1) is 17.0. The van der Waals surface area contributed by atoms with Gasteiger partial charge in [0.25, 0.3) is 5.91 Å². The Bertz CT molecular complexity index is 607. The molecule has 126 valence electrons. The molecule has 1 aliphatic heterocycles. The van der Waals surface area contributed by atoms with E-state index in [-0.39, 0.29) is 30.5 Å². The largest absolute Gasteiger partial charge is 0.481 e. The maximum Gasteiger partial charge on any atom is 0.260 e. The highest BCUT2D eigenvalue weighted by molar-refractivity contribution is 6.00. The second-order valence-electron chi connectivity index (χ2n) is 5.35. The quantitative estimate of drug-likeness (QED) is 0.822. The Labute approximate surface area is 134 Å². The number of carbonyl (C=O) groups excluding carboxylic acids is 2. The molecule has 1 aromatic rings. The number of pyridine rings is 1. The number of aliphatic hydroxyl groups excluding tert-OH is 1. The number of hydrogen-bond acceptors (Lipinski definition) is 6. The lowest BCUT2D eigenvalue weighted by molar-refractivity contribution is -0.141. The molecular formula is C15H21N3O5. The van der Waals surface area contributed by atoms with Crippen LogP contribution in [0.5, 0.6) is 11.8 Å². The fraction of sp³-hybridized carbons (Fsp3) is 0.533. The number of aromatic nitrogens is 1. The number of likely N-dealkylation sites (N-methyl/N-ethyl adjacent to an activating group) is 1. The summed E-state index contributed by atoms with van der Waals surface area (Å²) in [7, 11) is 4.52. The van der Waals surface area contributed by atoms with Crippen molar-refractivity contribution >= 4 is 11.8 Å². The third-order valence-electron chi connectivity index (χ3n) is 3.94. The van der Waals surface area contributed by atoms with Crippen molar-refractivity contribution in [1.29, 1.82) is 0 Å². The van der Waals surface area contributed by atoms with Gasteiger partial charge >= 0.3 is 0 Å². The first-order chi connectivity index (χ1) is 10.9. The number of piperazine rings is 1. The van der Waals surface area contributed by atoms with Gasteiger partial charge in [-0.15, -0.1) is 0 Å². The molecule has 0 unspecified atom stereocenters. The average Bonchev–Trinajstić information content (AvgIpc) is 2.58. The molecule has 0 aromatic carbocycles. The normalized spacial score (nSPS) is 21.3. The number of carbonyl (C=O) groups is 2. The topological polar surface area (TPSA) is 92.2 Å². The van der Waals surface area contributed by atoms with Crippen LogP contribution in [0, 0.1) is 0 Å². The van der Waals surface area contributed by atoms with Gasteiger partial charge in [-0.05, 0) is 13.0 Å². The minimum Gasteiger partial charge on any atom is -0.481 e. The predicted octanol–water partition coefficient (Wildman–Crippen LogP) is -0.238. The lowest BCUT2D eigenvalue weighted by Gasteiger charge is -2.43. The first-order valence-corrected chi connectivity index (χ1v) is 7.22. The van der Waals surface area contributed by atoms with Crippen LogP contribution in [0.15, 0.2) is 12.1 Å². The van der Waals surface area contributed by atoms with Crippen molar-refractivity contribution in [3.63, 3.8) is 0 Å². The van der Waals surface area contributed by atoms with Crippen LogP contribution in [-0.2, 0) is 4.79 Å². The summed E-state index contributed by atoms with van der Waals surface area (Å²) in [4.78, 5) is 32.0. The lowest BCUT2D eigenvalue weighted by Crippen LogP contribution is -2.62. The van der Waals surface area contributed by atoms with E-state index in [1.165, 1.54) is 30.1 Å². The van der Waals surface area contributed by atoms with Gasteiger partial charge in [-0.2, -0.15) is 4.98 Å². The molecule has 2 atom stereocenters. The van der Waals surface area contributed by atoms with Gasteiger partial charge in [0.15, 0.2) is 0 Å². The van der Waals surface area contributed by atoms with Crippen LogP contribution < -0.4 is 9.47 Å². The Morgan fingerprint density at radius 3 is 2.65 bits per heavy atom. The van der Waals surface area contributed by atoms with Gasteiger partial charge < -0.3 is 24.4 Å². The van der Waals surface area contributed by atoms with Crippen molar-refractivity contribution in [2.45, 2.75) is 19.0 Å². The second kappa shape index (κ2) is 6.82. The fourth-order valence-electron chi connectivity index (χ4n) is 2.73. The SMILES string of the molecule is COc1ccc(C(=O)N2[C@H](CO)CN(C)C(=O)[C@@H]2C)c(OC)n1. The molecule has 8 heteroatoms. The number of nitrogens with zero attached hydrogens (tertiary/aromatic N) is 3. The molecule has 1 fully saturated rings. The first-order valence-electron chi connectivity index (χ1n) is 7.22. The number of hydrogen-bond donors (Lipinski definition) is 1. The molecule has 1 aromatic heterocycles. The molecule has 8 nitrogen and oxygen atoms in total. The molecule has 0 radical (unpaired) electrons. The molecule has 0 saturated carbocycles. The number of rotatable bonds is 4. The maximum atomic E-state index is 12.9. The fourth-order valence-corrected chi connectivity index (χ4v) is 2.73. The van der Waals surface area contributed by atoms with Crippen LogP contribution >= 0.6 is 0 Å². The van der Waals surface area contributed by atoms with Crippen LogP contribution in [0.2, 0.25) is 0 Å². The van der Waals surface area contributed by atoms with E-state index in [9.17, 15) is 14.7 Å². The van der Waals surface area contributed by atoms with Gasteiger partial charge in [-0.1, -0.05) is 0 Å². The van der Waals surface area contributed by atoms with E-state index in [4.69, 9.17) is 9.47 Å². The molecule has 1 aliphatic rings. The molecule has 2 amide bonds. The van der Waals surface area contributed by atoms with Gasteiger partial charge in [0, 0.05) is 19.7 Å². The molecule has 23 heavy (non-hydrogen) atoms. The minimum absolute atomic E-state index is 0.115. The van der Waals surface area contributed by atoms with Gasteiger partial charge in [0.1, 0.15) is 11.6 Å². The average molecular weight is 323 g/mol. The van der Waals surface area contributed by atoms with E-state index >= 15 is 0 Å². The number of methoxy groups -OCH3 is 2.